The normalized spacial score (nSPS) is 29.6. The molecule has 3 atom stereocenters. The van der Waals surface area contributed by atoms with E-state index >= 15 is 0 Å². The molecule has 2 aromatic rings. The van der Waals surface area contributed by atoms with Gasteiger partial charge in [0.15, 0.2) is 0 Å². The molecule has 0 amide bonds. The van der Waals surface area contributed by atoms with Crippen LogP contribution in [0.2, 0.25) is 0 Å². The van der Waals surface area contributed by atoms with Gasteiger partial charge in [0.1, 0.15) is 0 Å². The summed E-state index contributed by atoms with van der Waals surface area (Å²) in [5, 5.41) is 11.0. The minimum atomic E-state index is 0.311. The number of aliphatic hydroxyl groups is 1. The van der Waals surface area contributed by atoms with Gasteiger partial charge in [-0.25, -0.2) is 0 Å². The van der Waals surface area contributed by atoms with Crippen LogP contribution in [-0.2, 0) is 13.5 Å². The Morgan fingerprint density at radius 1 is 1.30 bits per heavy atom. The molecule has 4 rings (SSSR count). The maximum atomic E-state index is 9.56. The second kappa shape index (κ2) is 4.34. The van der Waals surface area contributed by atoms with Gasteiger partial charge in [-0.05, 0) is 43.0 Å². The SMILES string of the molecule is CN1CC(CO)C[C@@H]2c3cccc4c3c(cn4C)C[C@H]21. The summed E-state index contributed by atoms with van der Waals surface area (Å²) >= 11 is 0. The molecule has 106 valence electrons. The van der Waals surface area contributed by atoms with Crippen molar-refractivity contribution in [2.45, 2.75) is 24.8 Å². The van der Waals surface area contributed by atoms with Gasteiger partial charge in [0.2, 0.25) is 0 Å². The molecule has 1 unspecified atom stereocenters. The first-order chi connectivity index (χ1) is 9.69. The second-order valence-corrected chi connectivity index (χ2v) is 6.61. The zero-order chi connectivity index (χ0) is 13.9. The van der Waals surface area contributed by atoms with Crippen LogP contribution in [0.5, 0.6) is 0 Å². The molecule has 3 nitrogen and oxygen atoms in total. The predicted octanol–water partition coefficient (Wildman–Crippen LogP) is 2.13. The molecule has 1 aliphatic heterocycles. The lowest BCUT2D eigenvalue weighted by atomic mass is 9.72. The molecule has 2 aliphatic rings. The largest absolute Gasteiger partial charge is 0.396 e. The van der Waals surface area contributed by atoms with Gasteiger partial charge in [-0.3, -0.25) is 0 Å². The number of likely N-dealkylation sites (tertiary alicyclic amines) is 1. The van der Waals surface area contributed by atoms with Gasteiger partial charge in [0.05, 0.1) is 0 Å². The van der Waals surface area contributed by atoms with Gasteiger partial charge < -0.3 is 14.6 Å². The second-order valence-electron chi connectivity index (χ2n) is 6.61. The van der Waals surface area contributed by atoms with Crippen molar-refractivity contribution < 1.29 is 5.11 Å². The number of fused-ring (bicyclic) bond motifs is 2. The van der Waals surface area contributed by atoms with E-state index in [0.29, 0.717) is 24.5 Å². The van der Waals surface area contributed by atoms with Crippen molar-refractivity contribution in [2.75, 3.05) is 20.2 Å². The highest BCUT2D eigenvalue weighted by atomic mass is 16.3. The molecule has 1 aromatic carbocycles. The minimum Gasteiger partial charge on any atom is -0.396 e. The van der Waals surface area contributed by atoms with Gasteiger partial charge in [-0.1, -0.05) is 12.1 Å². The molecule has 1 fully saturated rings. The van der Waals surface area contributed by atoms with Crippen LogP contribution in [0.15, 0.2) is 24.4 Å². The van der Waals surface area contributed by atoms with Crippen LogP contribution in [0.3, 0.4) is 0 Å². The molecule has 1 saturated heterocycles. The number of piperidine rings is 1. The third-order valence-corrected chi connectivity index (χ3v) is 5.38. The highest BCUT2D eigenvalue weighted by Crippen LogP contribution is 2.44. The van der Waals surface area contributed by atoms with E-state index in [-0.39, 0.29) is 0 Å². The first kappa shape index (κ1) is 12.4. The third kappa shape index (κ3) is 1.60. The summed E-state index contributed by atoms with van der Waals surface area (Å²) in [5.74, 6) is 0.992. The average Bonchev–Trinajstić information content (AvgIpc) is 2.78. The number of likely N-dealkylation sites (N-methyl/N-ethyl adjacent to an activating group) is 1. The summed E-state index contributed by atoms with van der Waals surface area (Å²) in [6.07, 6.45) is 4.57. The molecule has 0 saturated carbocycles. The Morgan fingerprint density at radius 3 is 2.95 bits per heavy atom. The quantitative estimate of drug-likeness (QED) is 0.860. The molecule has 1 aliphatic carbocycles. The molecule has 1 aromatic heterocycles. The van der Waals surface area contributed by atoms with Crippen molar-refractivity contribution >= 4 is 10.9 Å². The molecular formula is C17H22N2O. The van der Waals surface area contributed by atoms with Crippen LogP contribution in [0.1, 0.15) is 23.5 Å². The lowest BCUT2D eigenvalue weighted by Gasteiger charge is -2.45. The van der Waals surface area contributed by atoms with E-state index in [1.54, 1.807) is 0 Å². The van der Waals surface area contributed by atoms with Crippen molar-refractivity contribution in [1.29, 1.82) is 0 Å². The molecule has 0 spiro atoms. The number of rotatable bonds is 1. The number of nitrogens with zero attached hydrogens (tertiary/aromatic N) is 2. The van der Waals surface area contributed by atoms with E-state index < -0.39 is 0 Å². The fourth-order valence-corrected chi connectivity index (χ4v) is 4.46. The predicted molar refractivity (Wildman–Crippen MR) is 81.0 cm³/mol. The Balaban J connectivity index is 1.89. The molecule has 1 N–H and O–H groups in total. The summed E-state index contributed by atoms with van der Waals surface area (Å²) in [4.78, 5) is 2.46. The Hall–Kier alpha value is -1.32. The van der Waals surface area contributed by atoms with Crippen LogP contribution in [0.4, 0.5) is 0 Å². The fourth-order valence-electron chi connectivity index (χ4n) is 4.46. The highest BCUT2D eigenvalue weighted by molar-refractivity contribution is 5.89. The lowest BCUT2D eigenvalue weighted by Crippen LogP contribution is -2.48. The minimum absolute atomic E-state index is 0.311. The number of benzene rings is 1. The summed E-state index contributed by atoms with van der Waals surface area (Å²) in [7, 11) is 4.36. The first-order valence-corrected chi connectivity index (χ1v) is 7.57. The van der Waals surface area contributed by atoms with Crippen molar-refractivity contribution in [3.05, 3.63) is 35.5 Å². The van der Waals surface area contributed by atoms with E-state index in [2.05, 4.69) is 48.0 Å². The average molecular weight is 270 g/mol. The monoisotopic (exact) mass is 270 g/mol. The number of hydrogen-bond acceptors (Lipinski definition) is 2. The Kier molecular flexibility index (Phi) is 2.69. The summed E-state index contributed by atoms with van der Waals surface area (Å²) < 4.78 is 2.26. The molecule has 0 radical (unpaired) electrons. The number of aryl methyl sites for hydroxylation is 1. The van der Waals surface area contributed by atoms with E-state index in [4.69, 9.17) is 0 Å². The zero-order valence-electron chi connectivity index (χ0n) is 12.2. The Bertz CT molecular complexity index is 660. The lowest BCUT2D eigenvalue weighted by molar-refractivity contribution is 0.0772. The van der Waals surface area contributed by atoms with Gasteiger partial charge in [0.25, 0.3) is 0 Å². The van der Waals surface area contributed by atoms with Crippen molar-refractivity contribution in [3.63, 3.8) is 0 Å². The summed E-state index contributed by atoms with van der Waals surface area (Å²) in [5.41, 5.74) is 4.35. The van der Waals surface area contributed by atoms with E-state index in [1.165, 1.54) is 22.0 Å². The number of hydrogen-bond donors (Lipinski definition) is 1. The van der Waals surface area contributed by atoms with Gasteiger partial charge in [-0.2, -0.15) is 0 Å². The van der Waals surface area contributed by atoms with E-state index in [9.17, 15) is 5.11 Å². The van der Waals surface area contributed by atoms with Crippen LogP contribution in [0, 0.1) is 5.92 Å². The van der Waals surface area contributed by atoms with Crippen molar-refractivity contribution in [2.24, 2.45) is 13.0 Å². The molecule has 3 heteroatoms. The molecule has 20 heavy (non-hydrogen) atoms. The van der Waals surface area contributed by atoms with Crippen LogP contribution < -0.4 is 0 Å². The highest BCUT2D eigenvalue weighted by Gasteiger charge is 2.39. The number of aliphatic hydroxyl groups excluding tert-OH is 1. The topological polar surface area (TPSA) is 28.4 Å². The zero-order valence-corrected chi connectivity index (χ0v) is 12.2. The molecule has 0 bridgehead atoms. The Morgan fingerprint density at radius 2 is 2.15 bits per heavy atom. The summed E-state index contributed by atoms with van der Waals surface area (Å²) in [6, 6.07) is 7.31. The number of aromatic nitrogens is 1. The maximum Gasteiger partial charge on any atom is 0.0483 e. The smallest absolute Gasteiger partial charge is 0.0483 e. The fraction of sp³-hybridized carbons (Fsp3) is 0.529. The van der Waals surface area contributed by atoms with Crippen LogP contribution in [-0.4, -0.2) is 40.8 Å². The van der Waals surface area contributed by atoms with E-state index in [0.717, 1.165) is 19.4 Å². The standard InChI is InChI=1S/C17H22N2O/c1-18-8-11(10-20)6-14-13-4-3-5-15-17(13)12(7-16(14)18)9-19(15)2/h3-5,9,11,14,16,20H,6-8,10H2,1-2H3/t11?,14-,16-/m1/s1. The van der Waals surface area contributed by atoms with Crippen molar-refractivity contribution in [3.8, 4) is 0 Å². The van der Waals surface area contributed by atoms with Crippen LogP contribution >= 0.6 is 0 Å². The third-order valence-electron chi connectivity index (χ3n) is 5.38. The van der Waals surface area contributed by atoms with Gasteiger partial charge in [0, 0.05) is 49.3 Å². The van der Waals surface area contributed by atoms with E-state index in [1.807, 2.05) is 0 Å². The van der Waals surface area contributed by atoms with Gasteiger partial charge in [-0.15, -0.1) is 0 Å². The molecule has 2 heterocycles. The van der Waals surface area contributed by atoms with Crippen LogP contribution in [0.25, 0.3) is 10.9 Å². The Labute approximate surface area is 119 Å². The maximum absolute atomic E-state index is 9.56. The van der Waals surface area contributed by atoms with Gasteiger partial charge >= 0.3 is 0 Å². The summed E-state index contributed by atoms with van der Waals surface area (Å²) in [6.45, 7) is 1.33. The first-order valence-electron chi connectivity index (χ1n) is 7.57. The van der Waals surface area contributed by atoms with Crippen molar-refractivity contribution in [1.82, 2.24) is 9.47 Å². The molecular weight excluding hydrogens is 248 g/mol.